The van der Waals surface area contributed by atoms with Crippen molar-refractivity contribution in [3.63, 3.8) is 0 Å². The van der Waals surface area contributed by atoms with Crippen LogP contribution in [0.25, 0.3) is 11.4 Å². The molecule has 0 amide bonds. The summed E-state index contributed by atoms with van der Waals surface area (Å²) in [4.78, 5) is 4.38. The average Bonchev–Trinajstić information content (AvgIpc) is 2.66. The predicted molar refractivity (Wildman–Crippen MR) is 73.7 cm³/mol. The van der Waals surface area contributed by atoms with Gasteiger partial charge in [0.05, 0.1) is 18.9 Å². The van der Waals surface area contributed by atoms with Gasteiger partial charge in [-0.2, -0.15) is 5.26 Å². The average molecular weight is 269 g/mol. The Bertz CT molecular complexity index is 698. The molecule has 3 rings (SSSR count). The molecule has 0 radical (unpaired) electrons. The SMILES string of the molecule is Cc1c(C#N)nc(-c2ccc3c(c2)OCCCO3)n1C. The van der Waals surface area contributed by atoms with Gasteiger partial charge < -0.3 is 14.0 Å². The van der Waals surface area contributed by atoms with Crippen LogP contribution in [0.15, 0.2) is 18.2 Å². The number of hydrogen-bond donors (Lipinski definition) is 0. The standard InChI is InChI=1S/C15H15N3O2/c1-10-12(9-16)17-15(18(10)2)11-4-5-13-14(8-11)20-7-3-6-19-13/h4-5,8H,3,6-7H2,1-2H3. The van der Waals surface area contributed by atoms with E-state index in [1.165, 1.54) is 0 Å². The van der Waals surface area contributed by atoms with Gasteiger partial charge in [-0.15, -0.1) is 0 Å². The quantitative estimate of drug-likeness (QED) is 0.797. The Balaban J connectivity index is 2.07. The lowest BCUT2D eigenvalue weighted by atomic mass is 10.2. The van der Waals surface area contributed by atoms with Gasteiger partial charge in [-0.1, -0.05) is 0 Å². The third kappa shape index (κ3) is 1.99. The van der Waals surface area contributed by atoms with E-state index in [1.807, 2.05) is 36.7 Å². The summed E-state index contributed by atoms with van der Waals surface area (Å²) in [6.07, 6.45) is 0.879. The molecular formula is C15H15N3O2. The molecule has 0 fully saturated rings. The van der Waals surface area contributed by atoms with E-state index in [-0.39, 0.29) is 0 Å². The van der Waals surface area contributed by atoms with E-state index >= 15 is 0 Å². The first-order valence-electron chi connectivity index (χ1n) is 6.54. The Labute approximate surface area is 117 Å². The van der Waals surface area contributed by atoms with Gasteiger partial charge >= 0.3 is 0 Å². The highest BCUT2D eigenvalue weighted by Gasteiger charge is 2.16. The van der Waals surface area contributed by atoms with E-state index < -0.39 is 0 Å². The number of nitrogens with zero attached hydrogens (tertiary/aromatic N) is 3. The first-order chi connectivity index (χ1) is 9.70. The molecule has 1 aliphatic heterocycles. The zero-order chi connectivity index (χ0) is 14.1. The Kier molecular flexibility index (Phi) is 3.07. The van der Waals surface area contributed by atoms with Crippen LogP contribution >= 0.6 is 0 Å². The molecule has 1 aromatic carbocycles. The smallest absolute Gasteiger partial charge is 0.162 e. The summed E-state index contributed by atoms with van der Waals surface area (Å²) >= 11 is 0. The Morgan fingerprint density at radius 1 is 1.25 bits per heavy atom. The van der Waals surface area contributed by atoms with Crippen LogP contribution in [0.3, 0.4) is 0 Å². The molecule has 0 saturated carbocycles. The molecule has 0 N–H and O–H groups in total. The van der Waals surface area contributed by atoms with Crippen molar-refractivity contribution in [1.29, 1.82) is 5.26 Å². The van der Waals surface area contributed by atoms with Gasteiger partial charge in [0.1, 0.15) is 11.9 Å². The molecule has 0 saturated heterocycles. The van der Waals surface area contributed by atoms with Gasteiger partial charge in [-0.3, -0.25) is 0 Å². The third-order valence-electron chi connectivity index (χ3n) is 3.49. The minimum absolute atomic E-state index is 0.453. The molecule has 1 aliphatic rings. The van der Waals surface area contributed by atoms with E-state index in [0.29, 0.717) is 18.9 Å². The molecule has 0 atom stereocenters. The van der Waals surface area contributed by atoms with Crippen LogP contribution in [0, 0.1) is 18.3 Å². The number of fused-ring (bicyclic) bond motifs is 1. The number of benzene rings is 1. The lowest BCUT2D eigenvalue weighted by molar-refractivity contribution is 0.297. The fourth-order valence-electron chi connectivity index (χ4n) is 2.25. The summed E-state index contributed by atoms with van der Waals surface area (Å²) in [5.41, 5.74) is 2.23. The maximum atomic E-state index is 9.06. The number of ether oxygens (including phenoxy) is 2. The monoisotopic (exact) mass is 269 g/mol. The fraction of sp³-hybridized carbons (Fsp3) is 0.333. The predicted octanol–water partition coefficient (Wildman–Crippen LogP) is 2.43. The number of nitriles is 1. The molecule has 2 aromatic rings. The zero-order valence-corrected chi connectivity index (χ0v) is 11.5. The van der Waals surface area contributed by atoms with Crippen molar-refractivity contribution in [3.8, 4) is 29.0 Å². The Morgan fingerprint density at radius 3 is 2.70 bits per heavy atom. The molecule has 102 valence electrons. The largest absolute Gasteiger partial charge is 0.490 e. The van der Waals surface area contributed by atoms with Crippen LogP contribution in [0.5, 0.6) is 11.5 Å². The molecule has 0 spiro atoms. The van der Waals surface area contributed by atoms with Crippen LogP contribution in [-0.4, -0.2) is 22.8 Å². The van der Waals surface area contributed by atoms with Crippen molar-refractivity contribution < 1.29 is 9.47 Å². The van der Waals surface area contributed by atoms with Gasteiger partial charge in [-0.25, -0.2) is 4.98 Å². The highest BCUT2D eigenvalue weighted by Crippen LogP contribution is 2.34. The second-order valence-electron chi connectivity index (χ2n) is 4.75. The number of aromatic nitrogens is 2. The minimum atomic E-state index is 0.453. The first kappa shape index (κ1) is 12.5. The Morgan fingerprint density at radius 2 is 2.00 bits per heavy atom. The number of imidazole rings is 1. The van der Waals surface area contributed by atoms with E-state index in [0.717, 1.165) is 35.0 Å². The van der Waals surface area contributed by atoms with Crippen LogP contribution in [0.4, 0.5) is 0 Å². The van der Waals surface area contributed by atoms with Crippen molar-refractivity contribution >= 4 is 0 Å². The fourth-order valence-corrected chi connectivity index (χ4v) is 2.25. The van der Waals surface area contributed by atoms with Crippen LogP contribution in [0.1, 0.15) is 17.8 Å². The van der Waals surface area contributed by atoms with Crippen LogP contribution < -0.4 is 9.47 Å². The van der Waals surface area contributed by atoms with Gasteiger partial charge in [0.2, 0.25) is 0 Å². The normalized spacial score (nSPS) is 13.7. The zero-order valence-electron chi connectivity index (χ0n) is 11.5. The van der Waals surface area contributed by atoms with Crippen molar-refractivity contribution in [2.24, 2.45) is 7.05 Å². The summed E-state index contributed by atoms with van der Waals surface area (Å²) in [5.74, 6) is 2.26. The van der Waals surface area contributed by atoms with Crippen LogP contribution in [-0.2, 0) is 7.05 Å². The molecule has 5 heteroatoms. The van der Waals surface area contributed by atoms with E-state index in [9.17, 15) is 0 Å². The second kappa shape index (κ2) is 4.89. The second-order valence-corrected chi connectivity index (χ2v) is 4.75. The molecule has 20 heavy (non-hydrogen) atoms. The molecule has 0 bridgehead atoms. The van der Waals surface area contributed by atoms with Gasteiger partial charge in [0.25, 0.3) is 0 Å². The maximum Gasteiger partial charge on any atom is 0.162 e. The van der Waals surface area contributed by atoms with Gasteiger partial charge in [0.15, 0.2) is 17.2 Å². The third-order valence-corrected chi connectivity index (χ3v) is 3.49. The van der Waals surface area contributed by atoms with Crippen molar-refractivity contribution in [3.05, 3.63) is 29.6 Å². The van der Waals surface area contributed by atoms with Crippen molar-refractivity contribution in [2.45, 2.75) is 13.3 Å². The Hall–Kier alpha value is -2.48. The number of hydrogen-bond acceptors (Lipinski definition) is 4. The van der Waals surface area contributed by atoms with Gasteiger partial charge in [-0.05, 0) is 25.1 Å². The first-order valence-corrected chi connectivity index (χ1v) is 6.54. The number of rotatable bonds is 1. The van der Waals surface area contributed by atoms with E-state index in [2.05, 4.69) is 11.1 Å². The van der Waals surface area contributed by atoms with Crippen LogP contribution in [0.2, 0.25) is 0 Å². The topological polar surface area (TPSA) is 60.1 Å². The minimum Gasteiger partial charge on any atom is -0.490 e. The molecule has 5 nitrogen and oxygen atoms in total. The molecule has 0 unspecified atom stereocenters. The summed E-state index contributed by atoms with van der Waals surface area (Å²) < 4.78 is 13.2. The molecule has 1 aromatic heterocycles. The van der Waals surface area contributed by atoms with Crippen molar-refractivity contribution in [1.82, 2.24) is 9.55 Å². The van der Waals surface area contributed by atoms with Crippen molar-refractivity contribution in [2.75, 3.05) is 13.2 Å². The highest BCUT2D eigenvalue weighted by atomic mass is 16.5. The molecular weight excluding hydrogens is 254 g/mol. The summed E-state index contributed by atoms with van der Waals surface area (Å²) in [6, 6.07) is 7.87. The lowest BCUT2D eigenvalue weighted by Crippen LogP contribution is -1.97. The molecule has 0 aliphatic carbocycles. The van der Waals surface area contributed by atoms with E-state index in [4.69, 9.17) is 14.7 Å². The lowest BCUT2D eigenvalue weighted by Gasteiger charge is -2.09. The van der Waals surface area contributed by atoms with E-state index in [1.54, 1.807) is 0 Å². The molecule has 2 heterocycles. The summed E-state index contributed by atoms with van der Waals surface area (Å²) in [6.45, 7) is 3.21. The maximum absolute atomic E-state index is 9.06. The summed E-state index contributed by atoms with van der Waals surface area (Å²) in [7, 11) is 1.90. The highest BCUT2D eigenvalue weighted by molar-refractivity contribution is 5.63. The van der Waals surface area contributed by atoms with Gasteiger partial charge in [0, 0.05) is 19.0 Å². The summed E-state index contributed by atoms with van der Waals surface area (Å²) in [5, 5.41) is 9.06.